The van der Waals surface area contributed by atoms with Crippen molar-refractivity contribution in [2.24, 2.45) is 0 Å². The molecular weight excluding hydrogens is 262 g/mol. The van der Waals surface area contributed by atoms with Crippen LogP contribution in [0.25, 0.3) is 11.3 Å². The molecule has 0 radical (unpaired) electrons. The molecule has 2 aromatic heterocycles. The van der Waals surface area contributed by atoms with Crippen LogP contribution < -0.4 is 11.1 Å². The summed E-state index contributed by atoms with van der Waals surface area (Å²) in [5.74, 6) is 0.553. The molecule has 104 valence electrons. The normalized spacial score (nSPS) is 10.3. The van der Waals surface area contributed by atoms with Crippen molar-refractivity contribution in [3.05, 3.63) is 60.6 Å². The van der Waals surface area contributed by atoms with Crippen molar-refractivity contribution in [2.45, 2.75) is 6.92 Å². The summed E-state index contributed by atoms with van der Waals surface area (Å²) in [7, 11) is 0. The fraction of sp³-hybridized carbons (Fsp3) is 0.0625. The Morgan fingerprint density at radius 3 is 2.57 bits per heavy atom. The summed E-state index contributed by atoms with van der Waals surface area (Å²) in [6.07, 6.45) is 5.22. The number of nitrogen functional groups attached to an aromatic ring is 1. The van der Waals surface area contributed by atoms with Crippen LogP contribution in [0.5, 0.6) is 0 Å². The van der Waals surface area contributed by atoms with Crippen molar-refractivity contribution < 1.29 is 0 Å². The highest BCUT2D eigenvalue weighted by Crippen LogP contribution is 2.22. The average molecular weight is 277 g/mol. The Balaban J connectivity index is 1.90. The van der Waals surface area contributed by atoms with Crippen molar-refractivity contribution in [1.29, 1.82) is 0 Å². The van der Waals surface area contributed by atoms with Gasteiger partial charge < -0.3 is 11.1 Å². The number of nitrogens with zero attached hydrogens (tertiary/aromatic N) is 3. The maximum Gasteiger partial charge on any atom is 0.227 e. The lowest BCUT2D eigenvalue weighted by Gasteiger charge is -2.09. The molecule has 0 aliphatic carbocycles. The predicted molar refractivity (Wildman–Crippen MR) is 84.1 cm³/mol. The van der Waals surface area contributed by atoms with E-state index in [9.17, 15) is 0 Å². The van der Waals surface area contributed by atoms with E-state index in [0.717, 1.165) is 28.2 Å². The summed E-state index contributed by atoms with van der Waals surface area (Å²) in [6, 6.07) is 11.4. The Labute approximate surface area is 122 Å². The summed E-state index contributed by atoms with van der Waals surface area (Å²) in [5.41, 5.74) is 10.3. The molecule has 0 saturated heterocycles. The van der Waals surface area contributed by atoms with E-state index in [1.54, 1.807) is 18.6 Å². The molecule has 1 aromatic carbocycles. The summed E-state index contributed by atoms with van der Waals surface area (Å²) in [5, 5.41) is 3.22. The van der Waals surface area contributed by atoms with Crippen LogP contribution >= 0.6 is 0 Å². The van der Waals surface area contributed by atoms with Gasteiger partial charge in [0.15, 0.2) is 0 Å². The average Bonchev–Trinajstić information content (AvgIpc) is 2.51. The van der Waals surface area contributed by atoms with E-state index in [-0.39, 0.29) is 0 Å². The van der Waals surface area contributed by atoms with Crippen molar-refractivity contribution in [3.8, 4) is 11.3 Å². The van der Waals surface area contributed by atoms with E-state index in [2.05, 4.69) is 20.3 Å². The third-order valence-electron chi connectivity index (χ3n) is 3.13. The van der Waals surface area contributed by atoms with E-state index >= 15 is 0 Å². The Kier molecular flexibility index (Phi) is 3.47. The molecule has 0 atom stereocenters. The van der Waals surface area contributed by atoms with E-state index in [1.165, 1.54) is 0 Å². The third kappa shape index (κ3) is 2.97. The van der Waals surface area contributed by atoms with Gasteiger partial charge in [-0.15, -0.1) is 0 Å². The van der Waals surface area contributed by atoms with Crippen molar-refractivity contribution in [3.63, 3.8) is 0 Å². The fourth-order valence-electron chi connectivity index (χ4n) is 2.05. The van der Waals surface area contributed by atoms with Gasteiger partial charge in [0.2, 0.25) is 5.95 Å². The van der Waals surface area contributed by atoms with Gasteiger partial charge in [-0.3, -0.25) is 4.98 Å². The Hall–Kier alpha value is -2.95. The molecule has 3 aromatic rings. The molecule has 0 aliphatic rings. The van der Waals surface area contributed by atoms with Crippen molar-refractivity contribution in [2.75, 3.05) is 11.1 Å². The van der Waals surface area contributed by atoms with E-state index in [1.807, 2.05) is 43.3 Å². The third-order valence-corrected chi connectivity index (χ3v) is 3.13. The number of aromatic nitrogens is 3. The molecule has 5 heteroatoms. The SMILES string of the molecule is Cc1cc(N)ccc1Nc1nccc(-c2ccncc2)n1. The molecule has 21 heavy (non-hydrogen) atoms. The monoisotopic (exact) mass is 277 g/mol. The Bertz CT molecular complexity index is 756. The molecule has 2 heterocycles. The molecular formula is C16H15N5. The molecule has 0 spiro atoms. The van der Waals surface area contributed by atoms with Crippen LogP contribution in [0.4, 0.5) is 17.3 Å². The number of rotatable bonds is 3. The molecule has 0 saturated carbocycles. The predicted octanol–water partition coefficient (Wildman–Crippen LogP) is 3.17. The van der Waals surface area contributed by atoms with Crippen LogP contribution in [0.3, 0.4) is 0 Å². The Morgan fingerprint density at radius 1 is 1.00 bits per heavy atom. The number of anilines is 3. The minimum atomic E-state index is 0.553. The maximum absolute atomic E-state index is 5.76. The molecule has 5 nitrogen and oxygen atoms in total. The number of aryl methyl sites for hydroxylation is 1. The van der Waals surface area contributed by atoms with Crippen molar-refractivity contribution >= 4 is 17.3 Å². The van der Waals surface area contributed by atoms with E-state index < -0.39 is 0 Å². The van der Waals surface area contributed by atoms with Gasteiger partial charge in [-0.25, -0.2) is 9.97 Å². The zero-order valence-electron chi connectivity index (χ0n) is 11.6. The molecule has 3 rings (SSSR count). The minimum absolute atomic E-state index is 0.553. The quantitative estimate of drug-likeness (QED) is 0.719. The summed E-state index contributed by atoms with van der Waals surface area (Å²) >= 11 is 0. The highest BCUT2D eigenvalue weighted by molar-refractivity contribution is 5.64. The van der Waals surface area contributed by atoms with Gasteiger partial charge in [0, 0.05) is 35.5 Å². The van der Waals surface area contributed by atoms with Crippen LogP contribution in [0.1, 0.15) is 5.56 Å². The van der Waals surface area contributed by atoms with Crippen LogP contribution in [-0.4, -0.2) is 15.0 Å². The lowest BCUT2D eigenvalue weighted by molar-refractivity contribution is 1.16. The van der Waals surface area contributed by atoms with Gasteiger partial charge in [-0.1, -0.05) is 0 Å². The van der Waals surface area contributed by atoms with E-state index in [4.69, 9.17) is 5.73 Å². The summed E-state index contributed by atoms with van der Waals surface area (Å²) < 4.78 is 0. The second kappa shape index (κ2) is 5.58. The number of pyridine rings is 1. The largest absolute Gasteiger partial charge is 0.399 e. The van der Waals surface area contributed by atoms with Crippen LogP contribution in [0, 0.1) is 6.92 Å². The van der Waals surface area contributed by atoms with Gasteiger partial charge >= 0.3 is 0 Å². The standard InChI is InChI=1S/C16H15N5/c1-11-10-13(17)2-3-14(11)20-16-19-9-6-15(21-16)12-4-7-18-8-5-12/h2-10H,17H2,1H3,(H,19,20,21). The van der Waals surface area contributed by atoms with Crippen LogP contribution in [0.15, 0.2) is 55.0 Å². The number of hydrogen-bond acceptors (Lipinski definition) is 5. The first-order chi connectivity index (χ1) is 10.2. The Morgan fingerprint density at radius 2 is 1.81 bits per heavy atom. The molecule has 0 amide bonds. The highest BCUT2D eigenvalue weighted by atomic mass is 15.1. The number of nitrogens with two attached hydrogens (primary N) is 1. The van der Waals surface area contributed by atoms with Gasteiger partial charge in [-0.2, -0.15) is 0 Å². The first-order valence-electron chi connectivity index (χ1n) is 6.59. The number of benzene rings is 1. The lowest BCUT2D eigenvalue weighted by Crippen LogP contribution is -2.00. The second-order valence-electron chi connectivity index (χ2n) is 4.70. The smallest absolute Gasteiger partial charge is 0.227 e. The van der Waals surface area contributed by atoms with Gasteiger partial charge in [0.25, 0.3) is 0 Å². The molecule has 0 aliphatic heterocycles. The first kappa shape index (κ1) is 13.1. The second-order valence-corrected chi connectivity index (χ2v) is 4.70. The van der Waals surface area contributed by atoms with Crippen LogP contribution in [-0.2, 0) is 0 Å². The van der Waals surface area contributed by atoms with Gasteiger partial charge in [0.05, 0.1) is 5.69 Å². The zero-order valence-corrected chi connectivity index (χ0v) is 11.6. The lowest BCUT2D eigenvalue weighted by atomic mass is 10.2. The minimum Gasteiger partial charge on any atom is -0.399 e. The van der Waals surface area contributed by atoms with Gasteiger partial charge in [0.1, 0.15) is 0 Å². The topological polar surface area (TPSA) is 76.7 Å². The number of hydrogen-bond donors (Lipinski definition) is 2. The summed E-state index contributed by atoms with van der Waals surface area (Å²) in [6.45, 7) is 1.99. The maximum atomic E-state index is 5.76. The molecule has 0 bridgehead atoms. The zero-order chi connectivity index (χ0) is 14.7. The van der Waals surface area contributed by atoms with Crippen molar-refractivity contribution in [1.82, 2.24) is 15.0 Å². The van der Waals surface area contributed by atoms with Gasteiger partial charge in [-0.05, 0) is 48.9 Å². The van der Waals surface area contributed by atoms with E-state index in [0.29, 0.717) is 5.95 Å². The molecule has 0 fully saturated rings. The number of nitrogens with one attached hydrogen (secondary N) is 1. The van der Waals surface area contributed by atoms with Crippen LogP contribution in [0.2, 0.25) is 0 Å². The molecule has 3 N–H and O–H groups in total. The summed E-state index contributed by atoms with van der Waals surface area (Å²) in [4.78, 5) is 12.8. The fourth-order valence-corrected chi connectivity index (χ4v) is 2.05. The highest BCUT2D eigenvalue weighted by Gasteiger charge is 2.04. The first-order valence-corrected chi connectivity index (χ1v) is 6.59. The molecule has 0 unspecified atom stereocenters.